The van der Waals surface area contributed by atoms with Crippen molar-refractivity contribution >= 4 is 52.0 Å². The highest BCUT2D eigenvalue weighted by Gasteiger charge is 2.41. The highest BCUT2D eigenvalue weighted by molar-refractivity contribution is 8.27. The molecule has 0 unspecified atom stereocenters. The minimum atomic E-state index is -3.34. The van der Waals surface area contributed by atoms with E-state index in [0.29, 0.717) is 36.6 Å². The van der Waals surface area contributed by atoms with Crippen LogP contribution in [0.3, 0.4) is 0 Å². The van der Waals surface area contributed by atoms with Crippen LogP contribution >= 0.6 is 35.0 Å². The first-order valence-electron chi connectivity index (χ1n) is 7.07. The monoisotopic (exact) mass is 393 g/mol. The zero-order valence-corrected chi connectivity index (χ0v) is 15.0. The topological polar surface area (TPSA) is 73.0 Å². The Kier molecular flexibility index (Phi) is 5.85. The van der Waals surface area contributed by atoms with Gasteiger partial charge in [-0.3, -0.25) is 13.4 Å². The number of benzene rings is 2. The molecule has 1 aliphatic rings. The Morgan fingerprint density at radius 1 is 1.08 bits per heavy atom. The quantitative estimate of drug-likeness (QED) is 0.696. The maximum absolute atomic E-state index is 13.3. The summed E-state index contributed by atoms with van der Waals surface area (Å²) in [6.07, 6.45) is 0.606. The Balaban J connectivity index is 0.00000208. The summed E-state index contributed by atoms with van der Waals surface area (Å²) in [5.74, 6) is -0.484. The maximum atomic E-state index is 13.3. The Morgan fingerprint density at radius 3 is 2.38 bits per heavy atom. The molecule has 0 bridgehead atoms. The summed E-state index contributed by atoms with van der Waals surface area (Å²) in [6, 6.07) is 11.0. The third-order valence-electron chi connectivity index (χ3n) is 3.60. The zero-order valence-electron chi connectivity index (χ0n) is 12.6. The molecular formula is C15H18Cl2FN3O2S. The molecule has 0 aliphatic carbocycles. The van der Waals surface area contributed by atoms with E-state index in [-0.39, 0.29) is 17.4 Å². The minimum absolute atomic E-state index is 0. The van der Waals surface area contributed by atoms with Crippen molar-refractivity contribution in [3.8, 4) is 0 Å². The predicted octanol–water partition coefficient (Wildman–Crippen LogP) is 4.79. The van der Waals surface area contributed by atoms with Crippen LogP contribution in [0.4, 0.5) is 21.5 Å². The third-order valence-corrected chi connectivity index (χ3v) is 5.76. The summed E-state index contributed by atoms with van der Waals surface area (Å²) in [7, 11) is -3.34. The molecule has 132 valence electrons. The molecule has 0 aromatic heterocycles. The largest absolute Gasteiger partial charge is 0.330 e. The summed E-state index contributed by atoms with van der Waals surface area (Å²) in [5.41, 5.74) is 7.18. The van der Waals surface area contributed by atoms with Gasteiger partial charge in [0.2, 0.25) is 0 Å². The molecule has 0 spiro atoms. The predicted molar refractivity (Wildman–Crippen MR) is 101 cm³/mol. The molecule has 2 aromatic carbocycles. The number of hydrogen-bond donors (Lipinski definition) is 3. The fourth-order valence-electron chi connectivity index (χ4n) is 2.59. The third kappa shape index (κ3) is 3.15. The van der Waals surface area contributed by atoms with Crippen molar-refractivity contribution in [1.82, 2.24) is 0 Å². The molecule has 0 amide bonds. The molecule has 24 heavy (non-hydrogen) atoms. The first kappa shape index (κ1) is 19.1. The summed E-state index contributed by atoms with van der Waals surface area (Å²) in [5, 5.41) is 0.112. The minimum Gasteiger partial charge on any atom is -0.330 e. The fourth-order valence-corrected chi connectivity index (χ4v) is 4.73. The molecule has 5 nitrogen and oxygen atoms in total. The van der Waals surface area contributed by atoms with Crippen LogP contribution in [0.2, 0.25) is 5.02 Å². The van der Waals surface area contributed by atoms with Crippen molar-refractivity contribution in [1.29, 1.82) is 0 Å². The molecule has 0 atom stereocenters. The summed E-state index contributed by atoms with van der Waals surface area (Å²) in [4.78, 5) is 0. The van der Waals surface area contributed by atoms with Gasteiger partial charge in [0.25, 0.3) is 0 Å². The average Bonchev–Trinajstić information content (AvgIpc) is 2.72. The normalized spacial score (nSPS) is 16.5. The van der Waals surface area contributed by atoms with Gasteiger partial charge in [0.05, 0.1) is 22.1 Å². The average molecular weight is 394 g/mol. The van der Waals surface area contributed by atoms with Gasteiger partial charge in [0.15, 0.2) is 0 Å². The van der Waals surface area contributed by atoms with Crippen LogP contribution in [-0.2, 0) is 0 Å². The van der Waals surface area contributed by atoms with Gasteiger partial charge in [-0.15, -0.1) is 12.4 Å². The van der Waals surface area contributed by atoms with Gasteiger partial charge < -0.3 is 5.73 Å². The highest BCUT2D eigenvalue weighted by Crippen LogP contribution is 2.64. The van der Waals surface area contributed by atoms with Crippen molar-refractivity contribution in [2.45, 2.75) is 6.42 Å². The lowest BCUT2D eigenvalue weighted by Gasteiger charge is -2.44. The molecule has 4 N–H and O–H groups in total. The number of nitrogens with zero attached hydrogens (tertiary/aromatic N) is 2. The highest BCUT2D eigenvalue weighted by atomic mass is 35.5. The Hall–Kier alpha value is -1.22. The van der Waals surface area contributed by atoms with E-state index in [0.717, 1.165) is 6.07 Å². The van der Waals surface area contributed by atoms with E-state index in [1.807, 2.05) is 6.07 Å². The van der Waals surface area contributed by atoms with E-state index < -0.39 is 16.8 Å². The number of nitrogens with two attached hydrogens (primary N) is 1. The number of anilines is 3. The second kappa shape index (κ2) is 7.35. The van der Waals surface area contributed by atoms with Crippen molar-refractivity contribution in [2.24, 2.45) is 5.73 Å². The first-order chi connectivity index (χ1) is 11.0. The van der Waals surface area contributed by atoms with Crippen molar-refractivity contribution in [3.63, 3.8) is 0 Å². The van der Waals surface area contributed by atoms with E-state index in [2.05, 4.69) is 0 Å². The number of fused-ring (bicyclic) bond motifs is 1. The molecular weight excluding hydrogens is 376 g/mol. The fraction of sp³-hybridized carbons (Fsp3) is 0.200. The molecule has 0 radical (unpaired) electrons. The lowest BCUT2D eigenvalue weighted by molar-refractivity contribution is 0.484. The van der Waals surface area contributed by atoms with Crippen LogP contribution in [0.15, 0.2) is 42.5 Å². The zero-order chi connectivity index (χ0) is 16.6. The van der Waals surface area contributed by atoms with E-state index in [1.54, 1.807) is 18.2 Å². The van der Waals surface area contributed by atoms with Gasteiger partial charge in [-0.05, 0) is 54.3 Å². The van der Waals surface area contributed by atoms with E-state index in [9.17, 15) is 13.5 Å². The van der Waals surface area contributed by atoms with Crippen LogP contribution < -0.4 is 14.3 Å². The van der Waals surface area contributed by atoms with Crippen LogP contribution in [0, 0.1) is 5.82 Å². The van der Waals surface area contributed by atoms with Gasteiger partial charge in [-0.2, -0.15) is 0 Å². The van der Waals surface area contributed by atoms with Gasteiger partial charge >= 0.3 is 0 Å². The van der Waals surface area contributed by atoms with Gasteiger partial charge in [0.1, 0.15) is 5.82 Å². The number of hydrogen-bond acceptors (Lipinski definition) is 5. The van der Waals surface area contributed by atoms with Gasteiger partial charge in [-0.1, -0.05) is 23.7 Å². The number of rotatable bonds is 4. The van der Waals surface area contributed by atoms with Crippen molar-refractivity contribution in [3.05, 3.63) is 53.3 Å². The standard InChI is InChI=1S/C15H17ClFN3O2S.ClH/c16-12-10-11(17)6-7-13(12)20-15-5-2-1-4-14(15)19(9-3-8-18)23(20,21)22;/h1-2,4-7,10,21-22H,3,8-9,18H2;1H. The maximum Gasteiger partial charge on any atom is 0.124 e. The summed E-state index contributed by atoms with van der Waals surface area (Å²) >= 11 is 6.13. The molecule has 9 heteroatoms. The number of halogens is 3. The lowest BCUT2D eigenvalue weighted by atomic mass is 10.2. The van der Waals surface area contributed by atoms with E-state index >= 15 is 0 Å². The molecule has 3 rings (SSSR count). The summed E-state index contributed by atoms with van der Waals surface area (Å²) < 4.78 is 37.8. The summed E-state index contributed by atoms with van der Waals surface area (Å²) in [6.45, 7) is 0.830. The Morgan fingerprint density at radius 2 is 1.75 bits per heavy atom. The second-order valence-corrected chi connectivity index (χ2v) is 7.31. The van der Waals surface area contributed by atoms with Crippen molar-refractivity contribution in [2.75, 3.05) is 21.7 Å². The van der Waals surface area contributed by atoms with Crippen LogP contribution in [0.25, 0.3) is 0 Å². The SMILES string of the molecule is Cl.NCCCN1c2ccccc2N(c2ccc(F)cc2Cl)S1(O)O. The molecule has 1 heterocycles. The molecule has 1 aliphatic heterocycles. The molecule has 2 aromatic rings. The van der Waals surface area contributed by atoms with Crippen LogP contribution in [0.5, 0.6) is 0 Å². The van der Waals surface area contributed by atoms with Crippen molar-refractivity contribution < 1.29 is 13.5 Å². The Labute approximate surface area is 152 Å². The Bertz CT molecular complexity index is 736. The molecule has 0 saturated heterocycles. The van der Waals surface area contributed by atoms with E-state index in [1.165, 1.54) is 20.7 Å². The van der Waals surface area contributed by atoms with Gasteiger partial charge in [0, 0.05) is 6.54 Å². The number of para-hydroxylation sites is 2. The lowest BCUT2D eigenvalue weighted by Crippen LogP contribution is -2.32. The molecule has 0 saturated carbocycles. The van der Waals surface area contributed by atoms with Crippen LogP contribution in [-0.4, -0.2) is 22.2 Å². The first-order valence-corrected chi connectivity index (χ1v) is 8.91. The smallest absolute Gasteiger partial charge is 0.124 e. The second-order valence-electron chi connectivity index (χ2n) is 5.11. The van der Waals surface area contributed by atoms with Gasteiger partial charge in [-0.25, -0.2) is 8.70 Å². The van der Waals surface area contributed by atoms with E-state index in [4.69, 9.17) is 17.3 Å². The van der Waals surface area contributed by atoms with Crippen LogP contribution in [0.1, 0.15) is 6.42 Å². The molecule has 0 fully saturated rings.